The monoisotopic (exact) mass is 262 g/mol. The predicted molar refractivity (Wildman–Crippen MR) is 70.3 cm³/mol. The average Bonchev–Trinajstić information content (AvgIpc) is 2.82. The zero-order valence-corrected chi connectivity index (χ0v) is 11.2. The van der Waals surface area contributed by atoms with E-state index in [2.05, 4.69) is 9.59 Å². The maximum Gasteiger partial charge on any atom is 0.210 e. The van der Waals surface area contributed by atoms with Crippen LogP contribution in [0.1, 0.15) is 34.3 Å². The van der Waals surface area contributed by atoms with Gasteiger partial charge in [0.05, 0.1) is 17.9 Å². The van der Waals surface area contributed by atoms with Gasteiger partial charge < -0.3 is 4.74 Å². The third-order valence-electron chi connectivity index (χ3n) is 2.45. The molecule has 1 aromatic heterocycles. The van der Waals surface area contributed by atoms with Crippen molar-refractivity contribution in [2.24, 2.45) is 0 Å². The number of rotatable bonds is 5. The molecular formula is C13H14N2O2S. The van der Waals surface area contributed by atoms with E-state index in [1.807, 2.05) is 25.1 Å². The summed E-state index contributed by atoms with van der Waals surface area (Å²) in [4.78, 5) is 12.9. The fourth-order valence-electron chi connectivity index (χ4n) is 1.55. The summed E-state index contributed by atoms with van der Waals surface area (Å²) in [6.07, 6.45) is 0.906. The molecule has 2 aromatic rings. The van der Waals surface area contributed by atoms with Crippen LogP contribution in [0.4, 0.5) is 0 Å². The first-order chi connectivity index (χ1) is 8.74. The molecule has 0 saturated carbocycles. The zero-order chi connectivity index (χ0) is 13.0. The Balaban J connectivity index is 2.33. The normalized spacial score (nSPS) is 10.3. The fraction of sp³-hybridized carbons (Fsp3) is 0.308. The Kier molecular flexibility index (Phi) is 4.04. The zero-order valence-electron chi connectivity index (χ0n) is 10.3. The Labute approximate surface area is 110 Å². The topological polar surface area (TPSA) is 52.1 Å². The van der Waals surface area contributed by atoms with Gasteiger partial charge in [0, 0.05) is 0 Å². The second-order valence-corrected chi connectivity index (χ2v) is 4.62. The number of ketones is 1. The number of para-hydroxylation sites is 1. The van der Waals surface area contributed by atoms with Gasteiger partial charge in [0.25, 0.3) is 0 Å². The van der Waals surface area contributed by atoms with E-state index in [4.69, 9.17) is 4.74 Å². The van der Waals surface area contributed by atoms with Gasteiger partial charge in [-0.2, -0.15) is 0 Å². The molecule has 0 radical (unpaired) electrons. The number of nitrogens with zero attached hydrogens (tertiary/aromatic N) is 2. The van der Waals surface area contributed by atoms with E-state index in [-0.39, 0.29) is 5.78 Å². The molecule has 0 aliphatic heterocycles. The van der Waals surface area contributed by atoms with Gasteiger partial charge in [0.2, 0.25) is 5.78 Å². The van der Waals surface area contributed by atoms with Crippen LogP contribution in [0, 0.1) is 6.92 Å². The van der Waals surface area contributed by atoms with Gasteiger partial charge in [-0.05, 0) is 37.0 Å². The van der Waals surface area contributed by atoms with Crippen molar-refractivity contribution in [1.29, 1.82) is 0 Å². The molecular weight excluding hydrogens is 248 g/mol. The molecule has 18 heavy (non-hydrogen) atoms. The molecule has 0 atom stereocenters. The summed E-state index contributed by atoms with van der Waals surface area (Å²) < 4.78 is 9.38. The van der Waals surface area contributed by atoms with Crippen molar-refractivity contribution >= 4 is 17.3 Å². The lowest BCUT2D eigenvalue weighted by molar-refractivity contribution is 0.103. The van der Waals surface area contributed by atoms with Crippen LogP contribution in [0.15, 0.2) is 24.3 Å². The molecule has 0 bridgehead atoms. The van der Waals surface area contributed by atoms with Gasteiger partial charge >= 0.3 is 0 Å². The number of aryl methyl sites for hydroxylation is 1. The van der Waals surface area contributed by atoms with E-state index in [9.17, 15) is 4.79 Å². The van der Waals surface area contributed by atoms with Gasteiger partial charge in [-0.1, -0.05) is 23.5 Å². The van der Waals surface area contributed by atoms with E-state index >= 15 is 0 Å². The molecule has 0 aliphatic rings. The van der Waals surface area contributed by atoms with Crippen molar-refractivity contribution in [2.45, 2.75) is 20.3 Å². The highest BCUT2D eigenvalue weighted by Crippen LogP contribution is 2.24. The van der Waals surface area contributed by atoms with E-state index < -0.39 is 0 Å². The van der Waals surface area contributed by atoms with Gasteiger partial charge in [-0.15, -0.1) is 5.10 Å². The summed E-state index contributed by atoms with van der Waals surface area (Å²) in [6, 6.07) is 7.27. The smallest absolute Gasteiger partial charge is 0.210 e. The highest BCUT2D eigenvalue weighted by molar-refractivity contribution is 7.08. The lowest BCUT2D eigenvalue weighted by atomic mass is 10.1. The van der Waals surface area contributed by atoms with Crippen LogP contribution < -0.4 is 4.74 Å². The van der Waals surface area contributed by atoms with Crippen molar-refractivity contribution in [3.8, 4) is 5.75 Å². The molecule has 94 valence electrons. The number of hydrogen-bond acceptors (Lipinski definition) is 5. The third kappa shape index (κ3) is 2.56. The lowest BCUT2D eigenvalue weighted by Gasteiger charge is -2.09. The van der Waals surface area contributed by atoms with Crippen LogP contribution in [-0.4, -0.2) is 22.0 Å². The van der Waals surface area contributed by atoms with Crippen molar-refractivity contribution in [3.63, 3.8) is 0 Å². The first-order valence-corrected chi connectivity index (χ1v) is 6.57. The molecule has 4 nitrogen and oxygen atoms in total. The molecule has 0 N–H and O–H groups in total. The SMILES string of the molecule is CCCOc1ccccc1C(=O)c1snnc1C. The standard InChI is InChI=1S/C13H14N2O2S/c1-3-8-17-11-7-5-4-6-10(11)12(16)13-9(2)14-15-18-13/h4-7H,3,8H2,1-2H3. The minimum atomic E-state index is -0.0748. The van der Waals surface area contributed by atoms with E-state index in [0.717, 1.165) is 18.0 Å². The first-order valence-electron chi connectivity index (χ1n) is 5.79. The highest BCUT2D eigenvalue weighted by atomic mass is 32.1. The van der Waals surface area contributed by atoms with Crippen LogP contribution in [0.5, 0.6) is 5.75 Å². The summed E-state index contributed by atoms with van der Waals surface area (Å²) >= 11 is 1.12. The number of carbonyl (C=O) groups excluding carboxylic acids is 1. The fourth-order valence-corrected chi connectivity index (χ4v) is 2.16. The van der Waals surface area contributed by atoms with Crippen molar-refractivity contribution in [3.05, 3.63) is 40.4 Å². The minimum Gasteiger partial charge on any atom is -0.493 e. The van der Waals surface area contributed by atoms with Crippen LogP contribution in [0.2, 0.25) is 0 Å². The van der Waals surface area contributed by atoms with Crippen molar-refractivity contribution in [1.82, 2.24) is 9.59 Å². The summed E-state index contributed by atoms with van der Waals surface area (Å²) in [5.41, 5.74) is 1.23. The summed E-state index contributed by atoms with van der Waals surface area (Å²) in [5.74, 6) is 0.548. The van der Waals surface area contributed by atoms with Gasteiger partial charge in [-0.25, -0.2) is 0 Å². The molecule has 2 rings (SSSR count). The quantitative estimate of drug-likeness (QED) is 0.777. The lowest BCUT2D eigenvalue weighted by Crippen LogP contribution is -2.05. The van der Waals surface area contributed by atoms with Crippen molar-refractivity contribution < 1.29 is 9.53 Å². The summed E-state index contributed by atoms with van der Waals surface area (Å²) in [5, 5.41) is 3.86. The number of aromatic nitrogens is 2. The summed E-state index contributed by atoms with van der Waals surface area (Å²) in [7, 11) is 0. The molecule has 0 saturated heterocycles. The molecule has 1 heterocycles. The maximum absolute atomic E-state index is 12.4. The Morgan fingerprint density at radius 1 is 1.39 bits per heavy atom. The molecule has 0 aliphatic carbocycles. The second-order valence-electron chi connectivity index (χ2n) is 3.86. The van der Waals surface area contributed by atoms with Gasteiger partial charge in [0.15, 0.2) is 0 Å². The largest absolute Gasteiger partial charge is 0.493 e. The van der Waals surface area contributed by atoms with Crippen LogP contribution in [0.25, 0.3) is 0 Å². The number of hydrogen-bond donors (Lipinski definition) is 0. The van der Waals surface area contributed by atoms with Gasteiger partial charge in [0.1, 0.15) is 10.6 Å². The first kappa shape index (κ1) is 12.7. The molecule has 5 heteroatoms. The molecule has 0 amide bonds. The third-order valence-corrected chi connectivity index (χ3v) is 3.28. The summed E-state index contributed by atoms with van der Waals surface area (Å²) in [6.45, 7) is 4.41. The predicted octanol–water partition coefficient (Wildman–Crippen LogP) is 2.87. The number of benzene rings is 1. The average molecular weight is 262 g/mol. The van der Waals surface area contributed by atoms with E-state index in [0.29, 0.717) is 28.5 Å². The van der Waals surface area contributed by atoms with Crippen molar-refractivity contribution in [2.75, 3.05) is 6.61 Å². The Hall–Kier alpha value is -1.75. The highest BCUT2D eigenvalue weighted by Gasteiger charge is 2.18. The van der Waals surface area contributed by atoms with Crippen LogP contribution in [-0.2, 0) is 0 Å². The van der Waals surface area contributed by atoms with Crippen LogP contribution >= 0.6 is 11.5 Å². The Bertz CT molecular complexity index is 551. The van der Waals surface area contributed by atoms with Crippen LogP contribution in [0.3, 0.4) is 0 Å². The Morgan fingerprint density at radius 3 is 2.83 bits per heavy atom. The molecule has 1 aromatic carbocycles. The molecule has 0 fully saturated rings. The number of ether oxygens (including phenoxy) is 1. The second kappa shape index (κ2) is 5.73. The van der Waals surface area contributed by atoms with E-state index in [1.165, 1.54) is 0 Å². The Morgan fingerprint density at radius 2 is 2.17 bits per heavy atom. The van der Waals surface area contributed by atoms with E-state index in [1.54, 1.807) is 13.0 Å². The minimum absolute atomic E-state index is 0.0748. The number of carbonyl (C=O) groups is 1. The molecule has 0 unspecified atom stereocenters. The van der Waals surface area contributed by atoms with Gasteiger partial charge in [-0.3, -0.25) is 4.79 Å². The molecule has 0 spiro atoms. The maximum atomic E-state index is 12.4.